The van der Waals surface area contributed by atoms with E-state index >= 15 is 0 Å². The van der Waals surface area contributed by atoms with Crippen LogP contribution in [-0.4, -0.2) is 57.5 Å². The van der Waals surface area contributed by atoms with Gasteiger partial charge in [0.15, 0.2) is 16.6 Å². The number of piperidine rings is 1. The zero-order chi connectivity index (χ0) is 21.8. The van der Waals surface area contributed by atoms with Gasteiger partial charge in [-0.15, -0.1) is 10.2 Å². The van der Waals surface area contributed by atoms with E-state index in [2.05, 4.69) is 25.6 Å². The van der Waals surface area contributed by atoms with Crippen LogP contribution in [0.1, 0.15) is 18.9 Å². The Morgan fingerprint density at radius 2 is 1.84 bits per heavy atom. The van der Waals surface area contributed by atoms with Gasteiger partial charge in [0.25, 0.3) is 0 Å². The third-order valence-corrected chi connectivity index (χ3v) is 5.95. The van der Waals surface area contributed by atoms with Gasteiger partial charge >= 0.3 is 0 Å². The van der Waals surface area contributed by atoms with Crippen LogP contribution in [0.2, 0.25) is 5.02 Å². The lowest BCUT2D eigenvalue weighted by atomic mass is 10.1. The molecule has 1 aromatic heterocycles. The van der Waals surface area contributed by atoms with Crippen LogP contribution in [0, 0.1) is 0 Å². The van der Waals surface area contributed by atoms with Gasteiger partial charge in [-0.25, -0.2) is 0 Å². The molecule has 2 heterocycles. The van der Waals surface area contributed by atoms with Crippen molar-refractivity contribution in [2.24, 2.45) is 0 Å². The number of halogens is 1. The molecule has 31 heavy (non-hydrogen) atoms. The first-order valence-electron chi connectivity index (χ1n) is 9.91. The molecule has 0 saturated carbocycles. The first-order chi connectivity index (χ1) is 15.1. The van der Waals surface area contributed by atoms with Gasteiger partial charge in [0.2, 0.25) is 5.82 Å². The Kier molecular flexibility index (Phi) is 6.53. The fourth-order valence-corrected chi connectivity index (χ4v) is 4.00. The molecule has 1 N–H and O–H groups in total. The van der Waals surface area contributed by atoms with Crippen molar-refractivity contribution < 1.29 is 9.47 Å². The summed E-state index contributed by atoms with van der Waals surface area (Å²) in [6, 6.07) is 13.3. The first-order valence-corrected chi connectivity index (χ1v) is 10.7. The Balaban J connectivity index is 1.38. The van der Waals surface area contributed by atoms with Gasteiger partial charge in [0, 0.05) is 18.7 Å². The molecular formula is C21H23ClN6O2S. The number of benzene rings is 2. The summed E-state index contributed by atoms with van der Waals surface area (Å²) in [4.78, 5) is 3.84. The summed E-state index contributed by atoms with van der Waals surface area (Å²) in [6.45, 7) is 1.60. The van der Waals surface area contributed by atoms with Gasteiger partial charge in [-0.3, -0.25) is 0 Å². The fourth-order valence-electron chi connectivity index (χ4n) is 3.53. The predicted molar refractivity (Wildman–Crippen MR) is 124 cm³/mol. The third-order valence-electron chi connectivity index (χ3n) is 5.26. The number of nitrogens with one attached hydrogen (secondary N) is 1. The van der Waals surface area contributed by atoms with Gasteiger partial charge in [-0.05, 0) is 60.6 Å². The number of tetrazole rings is 1. The summed E-state index contributed by atoms with van der Waals surface area (Å²) in [5.74, 6) is 1.84. The maximum absolute atomic E-state index is 6.22. The van der Waals surface area contributed by atoms with Crippen molar-refractivity contribution in [3.05, 3.63) is 47.5 Å². The number of hydrogen-bond acceptors (Lipinski definition) is 6. The molecule has 162 valence electrons. The van der Waals surface area contributed by atoms with Gasteiger partial charge in [0.05, 0.1) is 31.0 Å². The third kappa shape index (κ3) is 4.72. The average molecular weight is 459 g/mol. The molecule has 2 aromatic carbocycles. The molecule has 0 amide bonds. The highest BCUT2D eigenvalue weighted by molar-refractivity contribution is 7.80. The molecule has 4 rings (SSSR count). The van der Waals surface area contributed by atoms with E-state index in [1.165, 1.54) is 0 Å². The summed E-state index contributed by atoms with van der Waals surface area (Å²) in [6.07, 6.45) is 1.73. The molecule has 1 fully saturated rings. The van der Waals surface area contributed by atoms with Crippen molar-refractivity contribution in [3.8, 4) is 22.9 Å². The summed E-state index contributed by atoms with van der Waals surface area (Å²) >= 11 is 11.8. The number of thiocarbonyl (C=S) groups is 1. The number of aromatic nitrogens is 4. The Morgan fingerprint density at radius 1 is 1.10 bits per heavy atom. The van der Waals surface area contributed by atoms with Gasteiger partial charge in [0.1, 0.15) is 0 Å². The first kappa shape index (κ1) is 21.3. The molecule has 0 atom stereocenters. The summed E-state index contributed by atoms with van der Waals surface area (Å²) in [5, 5.41) is 17.7. The molecule has 1 aliphatic heterocycles. The van der Waals surface area contributed by atoms with E-state index in [0.29, 0.717) is 27.5 Å². The van der Waals surface area contributed by atoms with E-state index in [1.807, 2.05) is 42.5 Å². The number of hydrogen-bond donors (Lipinski definition) is 1. The molecule has 1 aliphatic rings. The van der Waals surface area contributed by atoms with E-state index in [9.17, 15) is 0 Å². The number of methoxy groups -OCH3 is 2. The average Bonchev–Trinajstić information content (AvgIpc) is 3.30. The van der Waals surface area contributed by atoms with E-state index in [0.717, 1.165) is 37.2 Å². The Labute approximate surface area is 191 Å². The molecule has 0 unspecified atom stereocenters. The van der Waals surface area contributed by atoms with Crippen LogP contribution < -0.4 is 14.8 Å². The minimum Gasteiger partial charge on any atom is -0.493 e. The van der Waals surface area contributed by atoms with E-state index in [4.69, 9.17) is 33.3 Å². The quantitative estimate of drug-likeness (QED) is 0.574. The van der Waals surface area contributed by atoms with E-state index in [-0.39, 0.29) is 6.04 Å². The van der Waals surface area contributed by atoms with Gasteiger partial charge in [-0.2, -0.15) is 4.80 Å². The summed E-state index contributed by atoms with van der Waals surface area (Å²) in [7, 11) is 3.21. The zero-order valence-electron chi connectivity index (χ0n) is 17.3. The highest BCUT2D eigenvalue weighted by atomic mass is 35.5. The monoisotopic (exact) mass is 458 g/mol. The van der Waals surface area contributed by atoms with Gasteiger partial charge < -0.3 is 19.7 Å². The van der Waals surface area contributed by atoms with Crippen LogP contribution in [0.3, 0.4) is 0 Å². The fraction of sp³-hybridized carbons (Fsp3) is 0.333. The molecule has 8 nitrogen and oxygen atoms in total. The SMILES string of the molecule is COc1ccc(-c2nnn(C3CCN(C(=S)Nc4ccccc4Cl)CC3)n2)cc1OC. The topological polar surface area (TPSA) is 77.3 Å². The minimum absolute atomic E-state index is 0.167. The van der Waals surface area contributed by atoms with Crippen LogP contribution >= 0.6 is 23.8 Å². The maximum Gasteiger partial charge on any atom is 0.205 e. The number of nitrogens with zero attached hydrogens (tertiary/aromatic N) is 5. The van der Waals surface area contributed by atoms with Crippen LogP contribution in [0.15, 0.2) is 42.5 Å². The molecule has 0 radical (unpaired) electrons. The highest BCUT2D eigenvalue weighted by Gasteiger charge is 2.24. The second-order valence-electron chi connectivity index (χ2n) is 7.13. The number of ether oxygens (including phenoxy) is 2. The number of para-hydroxylation sites is 1. The highest BCUT2D eigenvalue weighted by Crippen LogP contribution is 2.31. The lowest BCUT2D eigenvalue weighted by Gasteiger charge is -2.33. The molecule has 0 spiro atoms. The largest absolute Gasteiger partial charge is 0.493 e. The molecule has 0 bridgehead atoms. The van der Waals surface area contributed by atoms with Crippen molar-refractivity contribution in [2.75, 3.05) is 32.6 Å². The predicted octanol–water partition coefficient (Wildman–Crippen LogP) is 4.04. The molecule has 3 aromatic rings. The molecule has 10 heteroatoms. The summed E-state index contributed by atoms with van der Waals surface area (Å²) < 4.78 is 10.7. The van der Waals surface area contributed by atoms with E-state index < -0.39 is 0 Å². The minimum atomic E-state index is 0.167. The normalized spacial score (nSPS) is 14.4. The van der Waals surface area contributed by atoms with Crippen molar-refractivity contribution in [3.63, 3.8) is 0 Å². The maximum atomic E-state index is 6.22. The van der Waals surface area contributed by atoms with Crippen LogP contribution in [-0.2, 0) is 0 Å². The standard InChI is InChI=1S/C21H23ClN6O2S/c1-29-18-8-7-14(13-19(18)30-2)20-24-26-28(25-20)15-9-11-27(12-10-15)21(31)23-17-6-4-3-5-16(17)22/h3-8,13,15H,9-12H2,1-2H3,(H,23,31). The van der Waals surface area contributed by atoms with Crippen molar-refractivity contribution in [2.45, 2.75) is 18.9 Å². The Hall–Kier alpha value is -2.91. The second kappa shape index (κ2) is 9.49. The molecule has 0 aliphatic carbocycles. The van der Waals surface area contributed by atoms with Crippen molar-refractivity contribution in [1.82, 2.24) is 25.1 Å². The van der Waals surface area contributed by atoms with E-state index in [1.54, 1.807) is 19.0 Å². The van der Waals surface area contributed by atoms with Gasteiger partial charge in [-0.1, -0.05) is 23.7 Å². The lowest BCUT2D eigenvalue weighted by molar-refractivity contribution is 0.238. The summed E-state index contributed by atoms with van der Waals surface area (Å²) in [5.41, 5.74) is 1.64. The number of likely N-dealkylation sites (tertiary alicyclic amines) is 1. The smallest absolute Gasteiger partial charge is 0.205 e. The van der Waals surface area contributed by atoms with Crippen molar-refractivity contribution >= 4 is 34.6 Å². The zero-order valence-corrected chi connectivity index (χ0v) is 18.9. The van der Waals surface area contributed by atoms with Crippen LogP contribution in [0.25, 0.3) is 11.4 Å². The molecular weight excluding hydrogens is 436 g/mol. The Bertz CT molecular complexity index is 1070. The second-order valence-corrected chi connectivity index (χ2v) is 7.93. The van der Waals surface area contributed by atoms with Crippen molar-refractivity contribution in [1.29, 1.82) is 0 Å². The van der Waals surface area contributed by atoms with Crippen LogP contribution in [0.5, 0.6) is 11.5 Å². The van der Waals surface area contributed by atoms with Crippen LogP contribution in [0.4, 0.5) is 5.69 Å². The number of rotatable bonds is 5. The number of anilines is 1. The Morgan fingerprint density at radius 3 is 2.55 bits per heavy atom. The molecule has 1 saturated heterocycles. The lowest BCUT2D eigenvalue weighted by Crippen LogP contribution is -2.41.